The van der Waals surface area contributed by atoms with Gasteiger partial charge in [-0.2, -0.15) is 0 Å². The number of methoxy groups -OCH3 is 3. The molecule has 2 unspecified atom stereocenters. The lowest BCUT2D eigenvalue weighted by atomic mass is 9.90. The molecule has 182 valence electrons. The predicted molar refractivity (Wildman–Crippen MR) is 129 cm³/mol. The zero-order valence-corrected chi connectivity index (χ0v) is 20.0. The van der Waals surface area contributed by atoms with Crippen molar-refractivity contribution in [3.63, 3.8) is 0 Å². The second-order valence-corrected chi connectivity index (χ2v) is 8.98. The van der Waals surface area contributed by atoms with Crippen LogP contribution < -0.4 is 24.3 Å². The number of benzene rings is 3. The van der Waals surface area contributed by atoms with Gasteiger partial charge in [0.1, 0.15) is 23.4 Å². The Morgan fingerprint density at radius 1 is 0.943 bits per heavy atom. The molecule has 1 saturated carbocycles. The van der Waals surface area contributed by atoms with Crippen LogP contribution in [0.4, 0.5) is 4.39 Å². The molecule has 1 N–H and O–H groups in total. The normalized spacial score (nSPS) is 19.7. The Hall–Kier alpha value is -3.74. The molecule has 1 amide bonds. The van der Waals surface area contributed by atoms with E-state index in [4.69, 9.17) is 18.9 Å². The first kappa shape index (κ1) is 23.0. The van der Waals surface area contributed by atoms with Crippen LogP contribution in [0.2, 0.25) is 0 Å². The van der Waals surface area contributed by atoms with Crippen LogP contribution in [-0.2, 0) is 10.2 Å². The van der Waals surface area contributed by atoms with E-state index in [1.54, 1.807) is 33.5 Å². The van der Waals surface area contributed by atoms with Gasteiger partial charge >= 0.3 is 0 Å². The minimum absolute atomic E-state index is 0.0520. The van der Waals surface area contributed by atoms with E-state index in [2.05, 4.69) is 5.32 Å². The molecule has 0 radical (unpaired) electrons. The van der Waals surface area contributed by atoms with Crippen molar-refractivity contribution in [2.24, 2.45) is 0 Å². The van der Waals surface area contributed by atoms with E-state index in [1.807, 2.05) is 36.4 Å². The maximum atomic E-state index is 13.5. The van der Waals surface area contributed by atoms with Gasteiger partial charge in [-0.25, -0.2) is 4.39 Å². The molecule has 6 nitrogen and oxygen atoms in total. The highest BCUT2D eigenvalue weighted by molar-refractivity contribution is 5.91. The summed E-state index contributed by atoms with van der Waals surface area (Å²) in [5.41, 5.74) is 2.04. The van der Waals surface area contributed by atoms with Gasteiger partial charge in [0.15, 0.2) is 11.5 Å². The quantitative estimate of drug-likeness (QED) is 0.503. The van der Waals surface area contributed by atoms with Gasteiger partial charge in [0.2, 0.25) is 5.91 Å². The fourth-order valence-corrected chi connectivity index (χ4v) is 4.81. The molecule has 3 aromatic carbocycles. The molecule has 2 aliphatic rings. The number of hydrogen-bond acceptors (Lipinski definition) is 5. The van der Waals surface area contributed by atoms with Crippen LogP contribution in [0.5, 0.6) is 23.0 Å². The zero-order valence-electron chi connectivity index (χ0n) is 20.0. The first-order valence-corrected chi connectivity index (χ1v) is 11.6. The van der Waals surface area contributed by atoms with Gasteiger partial charge in [-0.05, 0) is 60.4 Å². The molecule has 7 heteroatoms. The molecule has 0 bridgehead atoms. The van der Waals surface area contributed by atoms with Gasteiger partial charge in [0.25, 0.3) is 0 Å². The molecular weight excluding hydrogens is 449 g/mol. The minimum Gasteiger partial charge on any atom is -0.497 e. The Bertz CT molecular complexity index is 1240. The van der Waals surface area contributed by atoms with Crippen molar-refractivity contribution in [2.75, 3.05) is 21.3 Å². The van der Waals surface area contributed by atoms with Gasteiger partial charge < -0.3 is 24.3 Å². The maximum Gasteiger partial charge on any atom is 0.231 e. The van der Waals surface area contributed by atoms with Crippen molar-refractivity contribution < 1.29 is 28.1 Å². The fourth-order valence-electron chi connectivity index (χ4n) is 4.81. The standard InChI is InChI=1S/C28H28FNO5/c1-32-20-9-10-21-22(30-27(31)28(12-13-28)18-5-7-19(29)8-6-18)16-24(35-25(21)15-20)17-4-11-23(33-2)26(14-17)34-3/h4-11,14-15,22,24H,12-13,16H2,1-3H3,(H,30,31). The summed E-state index contributed by atoms with van der Waals surface area (Å²) in [6.45, 7) is 0. The van der Waals surface area contributed by atoms with Crippen LogP contribution in [0.1, 0.15) is 48.1 Å². The smallest absolute Gasteiger partial charge is 0.231 e. The first-order chi connectivity index (χ1) is 17.0. The number of amides is 1. The van der Waals surface area contributed by atoms with E-state index < -0.39 is 5.41 Å². The molecule has 0 aromatic heterocycles. The maximum absolute atomic E-state index is 13.5. The van der Waals surface area contributed by atoms with Gasteiger partial charge in [-0.3, -0.25) is 4.79 Å². The first-order valence-electron chi connectivity index (χ1n) is 11.6. The molecular formula is C28H28FNO5. The van der Waals surface area contributed by atoms with Crippen LogP contribution in [0, 0.1) is 5.82 Å². The zero-order chi connectivity index (χ0) is 24.6. The number of ether oxygens (including phenoxy) is 4. The summed E-state index contributed by atoms with van der Waals surface area (Å²) in [5.74, 6) is 2.21. The molecule has 35 heavy (non-hydrogen) atoms. The van der Waals surface area contributed by atoms with Crippen LogP contribution in [0.15, 0.2) is 60.7 Å². The third kappa shape index (κ3) is 4.27. The minimum atomic E-state index is -0.614. The lowest BCUT2D eigenvalue weighted by Gasteiger charge is -2.34. The van der Waals surface area contributed by atoms with Crippen LogP contribution >= 0.6 is 0 Å². The van der Waals surface area contributed by atoms with Gasteiger partial charge in [0, 0.05) is 18.1 Å². The second kappa shape index (κ2) is 9.13. The molecule has 1 fully saturated rings. The third-order valence-corrected chi connectivity index (χ3v) is 6.98. The highest BCUT2D eigenvalue weighted by Gasteiger charge is 2.52. The van der Waals surface area contributed by atoms with E-state index >= 15 is 0 Å². The van der Waals surface area contributed by atoms with Crippen LogP contribution in [-0.4, -0.2) is 27.2 Å². The summed E-state index contributed by atoms with van der Waals surface area (Å²) < 4.78 is 36.1. The van der Waals surface area contributed by atoms with E-state index in [0.29, 0.717) is 29.4 Å². The molecule has 5 rings (SSSR count). The summed E-state index contributed by atoms with van der Waals surface area (Å²) >= 11 is 0. The van der Waals surface area contributed by atoms with E-state index in [0.717, 1.165) is 29.5 Å². The lowest BCUT2D eigenvalue weighted by molar-refractivity contribution is -0.124. The Kier molecular flexibility index (Phi) is 6.01. The van der Waals surface area contributed by atoms with Crippen molar-refractivity contribution in [1.29, 1.82) is 0 Å². The summed E-state index contributed by atoms with van der Waals surface area (Å²) in [5, 5.41) is 3.27. The summed E-state index contributed by atoms with van der Waals surface area (Å²) in [6, 6.07) is 17.3. The number of hydrogen-bond donors (Lipinski definition) is 1. The molecule has 3 aromatic rings. The highest BCUT2D eigenvalue weighted by atomic mass is 19.1. The molecule has 1 aliphatic carbocycles. The topological polar surface area (TPSA) is 66.0 Å². The fraction of sp³-hybridized carbons (Fsp3) is 0.321. The number of rotatable bonds is 7. The Labute approximate surface area is 204 Å². The van der Waals surface area contributed by atoms with Gasteiger partial charge in [0.05, 0.1) is 32.8 Å². The number of carbonyl (C=O) groups excluding carboxylic acids is 1. The van der Waals surface area contributed by atoms with Gasteiger partial charge in [-0.1, -0.05) is 18.2 Å². The van der Waals surface area contributed by atoms with Crippen LogP contribution in [0.3, 0.4) is 0 Å². The molecule has 1 aliphatic heterocycles. The summed E-state index contributed by atoms with van der Waals surface area (Å²) in [7, 11) is 4.80. The SMILES string of the molecule is COc1ccc2c(c1)OC(c1ccc(OC)c(OC)c1)CC2NC(=O)C1(c2ccc(F)cc2)CC1. The Balaban J connectivity index is 1.46. The van der Waals surface area contributed by atoms with E-state index in [1.165, 1.54) is 12.1 Å². The van der Waals surface area contributed by atoms with Crippen molar-refractivity contribution >= 4 is 5.91 Å². The van der Waals surface area contributed by atoms with Crippen molar-refractivity contribution in [2.45, 2.75) is 36.8 Å². The predicted octanol–water partition coefficient (Wildman–Crippen LogP) is 5.26. The average Bonchev–Trinajstić information content (AvgIpc) is 3.70. The number of halogens is 1. The van der Waals surface area contributed by atoms with E-state index in [9.17, 15) is 9.18 Å². The van der Waals surface area contributed by atoms with Gasteiger partial charge in [-0.15, -0.1) is 0 Å². The summed E-state index contributed by atoms with van der Waals surface area (Å²) in [4.78, 5) is 13.5. The molecule has 1 heterocycles. The van der Waals surface area contributed by atoms with Crippen molar-refractivity contribution in [3.05, 3.63) is 83.2 Å². The number of nitrogens with one attached hydrogen (secondary N) is 1. The van der Waals surface area contributed by atoms with Crippen LogP contribution in [0.25, 0.3) is 0 Å². The van der Waals surface area contributed by atoms with Crippen molar-refractivity contribution in [1.82, 2.24) is 5.32 Å². The third-order valence-electron chi connectivity index (χ3n) is 6.98. The second-order valence-electron chi connectivity index (χ2n) is 8.98. The molecule has 2 atom stereocenters. The number of fused-ring (bicyclic) bond motifs is 1. The summed E-state index contributed by atoms with van der Waals surface area (Å²) in [6.07, 6.45) is 1.70. The molecule has 0 spiro atoms. The average molecular weight is 478 g/mol. The molecule has 0 saturated heterocycles. The van der Waals surface area contributed by atoms with E-state index in [-0.39, 0.29) is 23.9 Å². The Morgan fingerprint density at radius 2 is 1.69 bits per heavy atom. The van der Waals surface area contributed by atoms with Crippen molar-refractivity contribution in [3.8, 4) is 23.0 Å². The highest BCUT2D eigenvalue weighted by Crippen LogP contribution is 2.50. The monoisotopic (exact) mass is 477 g/mol. The Morgan fingerprint density at radius 3 is 2.34 bits per heavy atom. The lowest BCUT2D eigenvalue weighted by Crippen LogP contribution is -2.39. The number of carbonyl (C=O) groups is 1. The largest absolute Gasteiger partial charge is 0.497 e.